The van der Waals surface area contributed by atoms with Crippen LogP contribution < -0.4 is 20.1 Å². The summed E-state index contributed by atoms with van der Waals surface area (Å²) >= 11 is 0. The number of pyridine rings is 1. The second-order valence-corrected chi connectivity index (χ2v) is 7.84. The lowest BCUT2D eigenvalue weighted by Crippen LogP contribution is -2.36. The minimum atomic E-state index is -4.52. The number of nitrogens with one attached hydrogen (secondary N) is 2. The molecular weight excluding hydrogens is 459 g/mol. The van der Waals surface area contributed by atoms with Crippen molar-refractivity contribution in [3.63, 3.8) is 0 Å². The van der Waals surface area contributed by atoms with Crippen molar-refractivity contribution < 1.29 is 27.4 Å². The second kappa shape index (κ2) is 11.7. The Labute approximate surface area is 202 Å². The smallest absolute Gasteiger partial charge is 0.433 e. The van der Waals surface area contributed by atoms with Gasteiger partial charge >= 0.3 is 6.18 Å². The molecule has 9 heteroatoms. The van der Waals surface area contributed by atoms with Crippen molar-refractivity contribution in [2.45, 2.75) is 24.6 Å². The van der Waals surface area contributed by atoms with Gasteiger partial charge in [-0.1, -0.05) is 42.5 Å². The van der Waals surface area contributed by atoms with Crippen molar-refractivity contribution in [1.82, 2.24) is 15.6 Å². The first kappa shape index (κ1) is 26.0. The number of rotatable bonds is 10. The van der Waals surface area contributed by atoms with Gasteiger partial charge in [0, 0.05) is 19.2 Å². The molecule has 0 unspecified atom stereocenters. The van der Waals surface area contributed by atoms with E-state index < -0.39 is 17.9 Å². The first-order valence-electron chi connectivity index (χ1n) is 11.0. The van der Waals surface area contributed by atoms with Gasteiger partial charge in [0.05, 0.1) is 14.2 Å². The highest BCUT2D eigenvalue weighted by Gasteiger charge is 2.32. The zero-order valence-electron chi connectivity index (χ0n) is 19.7. The van der Waals surface area contributed by atoms with Crippen LogP contribution in [0.5, 0.6) is 11.5 Å². The largest absolute Gasteiger partial charge is 0.493 e. The molecule has 186 valence electrons. The molecule has 1 heterocycles. The van der Waals surface area contributed by atoms with Crippen LogP contribution in [0.3, 0.4) is 0 Å². The molecule has 0 fully saturated rings. The number of halogens is 3. The van der Waals surface area contributed by atoms with Crippen molar-refractivity contribution in [2.24, 2.45) is 0 Å². The summed E-state index contributed by atoms with van der Waals surface area (Å²) in [5, 5.41) is 5.94. The molecule has 2 aromatic carbocycles. The maximum Gasteiger partial charge on any atom is 0.433 e. The van der Waals surface area contributed by atoms with E-state index in [2.05, 4.69) is 15.6 Å². The molecule has 0 aliphatic heterocycles. The zero-order valence-corrected chi connectivity index (χ0v) is 19.7. The first-order chi connectivity index (χ1) is 16.8. The quantitative estimate of drug-likeness (QED) is 0.433. The summed E-state index contributed by atoms with van der Waals surface area (Å²) in [6, 6.07) is 16.5. The van der Waals surface area contributed by atoms with Gasteiger partial charge in [0.1, 0.15) is 11.7 Å². The Morgan fingerprint density at radius 1 is 0.943 bits per heavy atom. The molecule has 1 aromatic heterocycles. The third-order valence-corrected chi connectivity index (χ3v) is 5.71. The van der Waals surface area contributed by atoms with E-state index in [4.69, 9.17) is 9.47 Å². The van der Waals surface area contributed by atoms with Gasteiger partial charge in [-0.25, -0.2) is 0 Å². The molecule has 2 N–H and O–H groups in total. The molecule has 1 amide bonds. The molecule has 0 bridgehead atoms. The lowest BCUT2D eigenvalue weighted by atomic mass is 9.89. The van der Waals surface area contributed by atoms with Crippen molar-refractivity contribution in [1.29, 1.82) is 0 Å². The summed E-state index contributed by atoms with van der Waals surface area (Å²) in [7, 11) is 4.62. The summed E-state index contributed by atoms with van der Waals surface area (Å²) in [5.41, 5.74) is 1.30. The predicted octanol–water partition coefficient (Wildman–Crippen LogP) is 4.72. The fourth-order valence-electron chi connectivity index (χ4n) is 3.90. The van der Waals surface area contributed by atoms with E-state index in [0.717, 1.165) is 17.2 Å². The van der Waals surface area contributed by atoms with E-state index in [1.54, 1.807) is 19.2 Å². The van der Waals surface area contributed by atoms with Gasteiger partial charge in [-0.3, -0.25) is 9.78 Å². The van der Waals surface area contributed by atoms with Crippen LogP contribution in [0.4, 0.5) is 13.2 Å². The predicted molar refractivity (Wildman–Crippen MR) is 126 cm³/mol. The SMILES string of the molecule is CNC(=O)[C@H](NCC[C@H](c1ccc(C(F)(F)F)nc1)c1ccc(OC)c(OC)c1)c1ccccc1. The zero-order chi connectivity index (χ0) is 25.4. The summed E-state index contributed by atoms with van der Waals surface area (Å²) < 4.78 is 49.9. The van der Waals surface area contributed by atoms with Crippen molar-refractivity contribution in [3.05, 3.63) is 89.2 Å². The van der Waals surface area contributed by atoms with E-state index in [1.807, 2.05) is 36.4 Å². The number of carbonyl (C=O) groups excluding carboxylic acids is 1. The normalized spacial score (nSPS) is 13.1. The Bertz CT molecular complexity index is 1110. The van der Waals surface area contributed by atoms with E-state index in [-0.39, 0.29) is 11.8 Å². The average molecular weight is 488 g/mol. The van der Waals surface area contributed by atoms with Crippen LogP contribution in [0.25, 0.3) is 0 Å². The highest BCUT2D eigenvalue weighted by atomic mass is 19.4. The molecule has 0 radical (unpaired) electrons. The van der Waals surface area contributed by atoms with Gasteiger partial charge in [0.15, 0.2) is 11.5 Å². The number of amides is 1. The third kappa shape index (κ3) is 6.51. The Hall–Kier alpha value is -3.59. The summed E-state index contributed by atoms with van der Waals surface area (Å²) in [6.07, 6.45) is -2.78. The minimum absolute atomic E-state index is 0.185. The molecule has 3 aromatic rings. The Morgan fingerprint density at radius 2 is 1.63 bits per heavy atom. The molecule has 0 spiro atoms. The fraction of sp³-hybridized carbons (Fsp3) is 0.308. The number of nitrogens with zero attached hydrogens (tertiary/aromatic N) is 1. The van der Waals surface area contributed by atoms with E-state index >= 15 is 0 Å². The van der Waals surface area contributed by atoms with Crippen LogP contribution in [0, 0.1) is 0 Å². The maximum atomic E-state index is 13.0. The average Bonchev–Trinajstić information content (AvgIpc) is 2.88. The van der Waals surface area contributed by atoms with Gasteiger partial charge in [0.25, 0.3) is 0 Å². The lowest BCUT2D eigenvalue weighted by molar-refractivity contribution is -0.141. The number of hydrogen-bond acceptors (Lipinski definition) is 5. The van der Waals surface area contributed by atoms with Gasteiger partial charge < -0.3 is 20.1 Å². The van der Waals surface area contributed by atoms with Gasteiger partial charge in [-0.05, 0) is 47.9 Å². The van der Waals surface area contributed by atoms with E-state index in [0.29, 0.717) is 30.0 Å². The molecule has 0 saturated heterocycles. The van der Waals surface area contributed by atoms with Crippen LogP contribution in [0.1, 0.15) is 40.8 Å². The van der Waals surface area contributed by atoms with Crippen molar-refractivity contribution in [2.75, 3.05) is 27.8 Å². The monoisotopic (exact) mass is 487 g/mol. The van der Waals surface area contributed by atoms with Crippen LogP contribution in [0.15, 0.2) is 66.9 Å². The molecular formula is C26H28F3N3O3. The topological polar surface area (TPSA) is 72.5 Å². The molecule has 6 nitrogen and oxygen atoms in total. The Morgan fingerprint density at radius 3 is 2.20 bits per heavy atom. The van der Waals surface area contributed by atoms with Crippen LogP contribution in [-0.2, 0) is 11.0 Å². The first-order valence-corrected chi connectivity index (χ1v) is 11.0. The van der Waals surface area contributed by atoms with Crippen molar-refractivity contribution in [3.8, 4) is 11.5 Å². The summed E-state index contributed by atoms with van der Waals surface area (Å²) in [5.74, 6) is 0.561. The number of methoxy groups -OCH3 is 2. The minimum Gasteiger partial charge on any atom is -0.493 e. The Kier molecular flexibility index (Phi) is 8.70. The molecule has 0 aliphatic rings. The van der Waals surface area contributed by atoms with Crippen molar-refractivity contribution >= 4 is 5.91 Å². The highest BCUT2D eigenvalue weighted by Crippen LogP contribution is 2.36. The number of carbonyl (C=O) groups is 1. The van der Waals surface area contributed by atoms with Gasteiger partial charge in [-0.15, -0.1) is 0 Å². The molecule has 0 saturated carbocycles. The standard InChI is InChI=1S/C26H28F3N3O3/c1-30-25(33)24(17-7-5-4-6-8-17)31-14-13-20(18-9-11-21(34-2)22(15-18)35-3)19-10-12-23(32-16-19)26(27,28)29/h4-12,15-16,20,24,31H,13-14H2,1-3H3,(H,30,33)/t20-,24+/m0/s1. The number of likely N-dealkylation sites (N-methyl/N-ethyl adjacent to an activating group) is 1. The van der Waals surface area contributed by atoms with Crippen LogP contribution >= 0.6 is 0 Å². The molecule has 2 atom stereocenters. The number of aromatic nitrogens is 1. The number of hydrogen-bond donors (Lipinski definition) is 2. The second-order valence-electron chi connectivity index (χ2n) is 7.84. The summed E-state index contributed by atoms with van der Waals surface area (Å²) in [4.78, 5) is 16.1. The molecule has 3 rings (SSSR count). The highest BCUT2D eigenvalue weighted by molar-refractivity contribution is 5.82. The third-order valence-electron chi connectivity index (χ3n) is 5.71. The summed E-state index contributed by atoms with van der Waals surface area (Å²) in [6.45, 7) is 0.410. The van der Waals surface area contributed by atoms with Crippen LogP contribution in [-0.4, -0.2) is 38.7 Å². The maximum absolute atomic E-state index is 13.0. The number of benzene rings is 2. The van der Waals surface area contributed by atoms with E-state index in [1.165, 1.54) is 26.5 Å². The Balaban J connectivity index is 1.89. The number of ether oxygens (including phenoxy) is 2. The van der Waals surface area contributed by atoms with Crippen LogP contribution in [0.2, 0.25) is 0 Å². The van der Waals surface area contributed by atoms with E-state index in [9.17, 15) is 18.0 Å². The fourth-order valence-corrected chi connectivity index (χ4v) is 3.90. The van der Waals surface area contributed by atoms with Gasteiger partial charge in [0.2, 0.25) is 5.91 Å². The molecule has 35 heavy (non-hydrogen) atoms. The number of alkyl halides is 3. The molecule has 0 aliphatic carbocycles. The van der Waals surface area contributed by atoms with Gasteiger partial charge in [-0.2, -0.15) is 13.2 Å². The lowest BCUT2D eigenvalue weighted by Gasteiger charge is -2.22.